The van der Waals surface area contributed by atoms with Crippen molar-refractivity contribution in [1.82, 2.24) is 0 Å². The molecule has 0 bridgehead atoms. The van der Waals surface area contributed by atoms with Crippen LogP contribution >= 0.6 is 11.8 Å². The van der Waals surface area contributed by atoms with E-state index in [4.69, 9.17) is 0 Å². The van der Waals surface area contributed by atoms with Gasteiger partial charge >= 0.3 is 0 Å². The molecule has 0 aromatic rings. The molecule has 1 N–H and O–H groups in total. The second-order valence-corrected chi connectivity index (χ2v) is 5.12. The molecule has 0 aromatic carbocycles. The van der Waals surface area contributed by atoms with Crippen molar-refractivity contribution in [3.63, 3.8) is 0 Å². The molecule has 1 aliphatic rings. The summed E-state index contributed by atoms with van der Waals surface area (Å²) in [5, 5.41) is 20.0. The monoisotopic (exact) mass is 205 g/mol. The van der Waals surface area contributed by atoms with Crippen LogP contribution in [0.3, 0.4) is 0 Å². The molecule has 4 nitrogen and oxygen atoms in total. The molecular weight excluding hydrogens is 190 g/mol. The number of rotatable bonds is 3. The summed E-state index contributed by atoms with van der Waals surface area (Å²) in [6, 6.07) is -0.757. The van der Waals surface area contributed by atoms with Gasteiger partial charge in [0.25, 0.3) is 6.04 Å². The predicted molar refractivity (Wildman–Crippen MR) is 52.5 cm³/mol. The molecule has 0 aliphatic carbocycles. The van der Waals surface area contributed by atoms with Gasteiger partial charge < -0.3 is 5.11 Å². The van der Waals surface area contributed by atoms with Crippen LogP contribution < -0.4 is 0 Å². The van der Waals surface area contributed by atoms with Gasteiger partial charge in [0, 0.05) is 10.7 Å². The van der Waals surface area contributed by atoms with Crippen LogP contribution in [0.4, 0.5) is 0 Å². The van der Waals surface area contributed by atoms with E-state index in [9.17, 15) is 15.2 Å². The molecule has 0 saturated carbocycles. The molecule has 3 atom stereocenters. The van der Waals surface area contributed by atoms with Gasteiger partial charge in [0.2, 0.25) is 0 Å². The second-order valence-electron chi connectivity index (χ2n) is 3.84. The van der Waals surface area contributed by atoms with Gasteiger partial charge in [-0.15, -0.1) is 11.8 Å². The van der Waals surface area contributed by atoms with Crippen LogP contribution in [0.25, 0.3) is 0 Å². The molecule has 1 rings (SSSR count). The SMILES string of the molecule is CC(C)C[C@H]1SCC(O)[C@@H]1[N+](=O)[O-]. The third-order valence-corrected chi connectivity index (χ3v) is 3.64. The lowest BCUT2D eigenvalue weighted by Crippen LogP contribution is -2.37. The van der Waals surface area contributed by atoms with Crippen LogP contribution in [0.1, 0.15) is 20.3 Å². The lowest BCUT2D eigenvalue weighted by molar-refractivity contribution is -0.531. The molecule has 1 unspecified atom stereocenters. The number of hydrogen-bond acceptors (Lipinski definition) is 4. The minimum Gasteiger partial charge on any atom is -0.385 e. The smallest absolute Gasteiger partial charge is 0.251 e. The molecule has 1 aliphatic heterocycles. The van der Waals surface area contributed by atoms with E-state index in [0.29, 0.717) is 11.7 Å². The van der Waals surface area contributed by atoms with Crippen molar-refractivity contribution in [2.45, 2.75) is 37.7 Å². The summed E-state index contributed by atoms with van der Waals surface area (Å²) in [5.41, 5.74) is 0. The van der Waals surface area contributed by atoms with E-state index in [1.807, 2.05) is 13.8 Å². The van der Waals surface area contributed by atoms with E-state index in [1.54, 1.807) is 0 Å². The summed E-state index contributed by atoms with van der Waals surface area (Å²) < 4.78 is 0. The molecule has 76 valence electrons. The normalized spacial score (nSPS) is 34.0. The molecular formula is C8H15NO3S. The summed E-state index contributed by atoms with van der Waals surface area (Å²) in [7, 11) is 0. The maximum Gasteiger partial charge on any atom is 0.251 e. The molecule has 0 amide bonds. The van der Waals surface area contributed by atoms with Crippen LogP contribution in [0.2, 0.25) is 0 Å². The Morgan fingerprint density at radius 2 is 2.31 bits per heavy atom. The van der Waals surface area contributed by atoms with E-state index < -0.39 is 12.1 Å². The highest BCUT2D eigenvalue weighted by atomic mass is 32.2. The Balaban J connectivity index is 2.59. The van der Waals surface area contributed by atoms with E-state index in [-0.39, 0.29) is 10.2 Å². The fourth-order valence-electron chi connectivity index (χ4n) is 1.62. The van der Waals surface area contributed by atoms with Crippen LogP contribution in [0.15, 0.2) is 0 Å². The van der Waals surface area contributed by atoms with Gasteiger partial charge in [-0.05, 0) is 12.3 Å². The molecule has 0 radical (unpaired) electrons. The van der Waals surface area contributed by atoms with Gasteiger partial charge in [-0.3, -0.25) is 10.1 Å². The highest BCUT2D eigenvalue weighted by Crippen LogP contribution is 2.33. The number of hydrogen-bond donors (Lipinski definition) is 1. The molecule has 0 spiro atoms. The highest BCUT2D eigenvalue weighted by Gasteiger charge is 2.44. The van der Waals surface area contributed by atoms with E-state index in [0.717, 1.165) is 6.42 Å². The molecule has 1 saturated heterocycles. The average Bonchev–Trinajstić information content (AvgIpc) is 2.30. The van der Waals surface area contributed by atoms with E-state index in [1.165, 1.54) is 11.8 Å². The average molecular weight is 205 g/mol. The summed E-state index contributed by atoms with van der Waals surface area (Å²) in [5.74, 6) is 0.952. The van der Waals surface area contributed by atoms with Gasteiger partial charge in [0.1, 0.15) is 6.10 Å². The minimum absolute atomic E-state index is 0.00926. The maximum absolute atomic E-state index is 10.6. The van der Waals surface area contributed by atoms with Crippen LogP contribution in [0, 0.1) is 16.0 Å². The van der Waals surface area contributed by atoms with Crippen molar-refractivity contribution in [3.8, 4) is 0 Å². The molecule has 1 heterocycles. The number of aliphatic hydroxyl groups excluding tert-OH is 1. The Kier molecular flexibility index (Phi) is 3.55. The quantitative estimate of drug-likeness (QED) is 0.554. The standard InChI is InChI=1S/C8H15NO3S/c1-5(2)3-7-8(9(11)12)6(10)4-13-7/h5-8,10H,3-4H2,1-2H3/t6?,7-,8+/m1/s1. The first-order valence-electron chi connectivity index (χ1n) is 4.45. The molecule has 13 heavy (non-hydrogen) atoms. The Morgan fingerprint density at radius 3 is 2.77 bits per heavy atom. The van der Waals surface area contributed by atoms with Crippen molar-refractivity contribution in [2.75, 3.05) is 5.75 Å². The van der Waals surface area contributed by atoms with Crippen LogP contribution in [-0.4, -0.2) is 33.2 Å². The first kappa shape index (κ1) is 10.8. The predicted octanol–water partition coefficient (Wildman–Crippen LogP) is 1.15. The maximum atomic E-state index is 10.6. The van der Waals surface area contributed by atoms with Gasteiger partial charge in [0.15, 0.2) is 0 Å². The first-order chi connectivity index (χ1) is 6.02. The fraction of sp³-hybridized carbons (Fsp3) is 1.00. The zero-order valence-electron chi connectivity index (χ0n) is 7.84. The third-order valence-electron chi connectivity index (χ3n) is 2.20. The zero-order valence-corrected chi connectivity index (χ0v) is 8.66. The Hall–Kier alpha value is -0.290. The van der Waals surface area contributed by atoms with Crippen LogP contribution in [-0.2, 0) is 0 Å². The Bertz CT molecular complexity index is 198. The molecule has 1 fully saturated rings. The number of nitro groups is 1. The largest absolute Gasteiger partial charge is 0.385 e. The molecule has 0 aromatic heterocycles. The zero-order chi connectivity index (χ0) is 10.0. The van der Waals surface area contributed by atoms with Crippen molar-refractivity contribution in [2.24, 2.45) is 5.92 Å². The summed E-state index contributed by atoms with van der Waals surface area (Å²) in [6.45, 7) is 4.09. The fourth-order valence-corrected chi connectivity index (χ4v) is 3.26. The summed E-state index contributed by atoms with van der Waals surface area (Å²) >= 11 is 1.52. The topological polar surface area (TPSA) is 63.4 Å². The number of aliphatic hydroxyl groups is 1. The lowest BCUT2D eigenvalue weighted by atomic mass is 10.0. The van der Waals surface area contributed by atoms with E-state index in [2.05, 4.69) is 0 Å². The molecule has 5 heteroatoms. The lowest BCUT2D eigenvalue weighted by Gasteiger charge is -2.15. The Morgan fingerprint density at radius 1 is 1.69 bits per heavy atom. The first-order valence-corrected chi connectivity index (χ1v) is 5.50. The van der Waals surface area contributed by atoms with Crippen molar-refractivity contribution in [1.29, 1.82) is 0 Å². The van der Waals surface area contributed by atoms with Gasteiger partial charge in [0.05, 0.1) is 5.25 Å². The second kappa shape index (κ2) is 4.28. The van der Waals surface area contributed by atoms with E-state index >= 15 is 0 Å². The van der Waals surface area contributed by atoms with Crippen LogP contribution in [0.5, 0.6) is 0 Å². The third kappa shape index (κ3) is 2.57. The van der Waals surface area contributed by atoms with Gasteiger partial charge in [-0.2, -0.15) is 0 Å². The number of nitrogens with zero attached hydrogens (tertiary/aromatic N) is 1. The van der Waals surface area contributed by atoms with Gasteiger partial charge in [-0.1, -0.05) is 13.8 Å². The van der Waals surface area contributed by atoms with Crippen molar-refractivity contribution in [3.05, 3.63) is 10.1 Å². The minimum atomic E-state index is -0.760. The highest BCUT2D eigenvalue weighted by molar-refractivity contribution is 8.00. The summed E-state index contributed by atoms with van der Waals surface area (Å²) in [6.07, 6.45) is 0.0525. The van der Waals surface area contributed by atoms with Gasteiger partial charge in [-0.25, -0.2) is 0 Å². The number of thioether (sulfide) groups is 1. The van der Waals surface area contributed by atoms with Crippen molar-refractivity contribution < 1.29 is 10.0 Å². The summed E-state index contributed by atoms with van der Waals surface area (Å²) in [4.78, 5) is 10.3. The van der Waals surface area contributed by atoms with Crippen molar-refractivity contribution >= 4 is 11.8 Å². The Labute approximate surface area is 81.9 Å².